The van der Waals surface area contributed by atoms with Gasteiger partial charge in [0, 0.05) is 28.6 Å². The molecule has 0 radical (unpaired) electrons. The van der Waals surface area contributed by atoms with E-state index in [2.05, 4.69) is 5.32 Å². The Kier molecular flexibility index (Phi) is 12.5. The summed E-state index contributed by atoms with van der Waals surface area (Å²) in [7, 11) is 0. The highest BCUT2D eigenvalue weighted by Gasteiger charge is 2.38. The molecule has 0 unspecified atom stereocenters. The van der Waals surface area contributed by atoms with Crippen LogP contribution in [0.2, 0.25) is 0 Å². The molecule has 3 rings (SSSR count). The fraction of sp³-hybridized carbons (Fsp3) is 0.500. The zero-order valence-corrected chi connectivity index (χ0v) is 27.5. The summed E-state index contributed by atoms with van der Waals surface area (Å²) in [5.41, 5.74) is 7.24. The largest absolute Gasteiger partial charge is 0.464 e. The third-order valence-corrected chi connectivity index (χ3v) is 8.67. The molecule has 1 aliphatic carbocycles. The highest BCUT2D eigenvalue weighted by atomic mass is 16.6. The van der Waals surface area contributed by atoms with Gasteiger partial charge in [-0.2, -0.15) is 0 Å². The molecule has 9 heteroatoms. The molecular weight excluding hydrogens is 572 g/mol. The molecule has 9 nitrogen and oxygen atoms in total. The second-order valence-corrected chi connectivity index (χ2v) is 12.6. The minimum atomic E-state index is -0.911. The van der Waals surface area contributed by atoms with E-state index in [1.54, 1.807) is 37.3 Å². The first kappa shape index (κ1) is 35.5. The standard InChI is InChI=1S/C36H48N2O7/c1-8-9-14-26-27-18-20(2)17-23(5)31(39)24(6)19-25(7)34(45-36(37)43)21(3)12-10-13-22(4)35(42)38-30(33(27)41)29(32(26)40)28-15-11-16-44-28/h10-13,15-16,19-21,23-24,31,34,39H,8-9,14,17-18H2,1-7H3,(H2,37,43)(H,38,42)/b12-10-,22-13+,25-19+/t20-,21-,23-,24-,31-,34+/m0/s1. The van der Waals surface area contributed by atoms with Crippen molar-refractivity contribution in [2.24, 2.45) is 29.4 Å². The van der Waals surface area contributed by atoms with Crippen LogP contribution in [0.5, 0.6) is 0 Å². The van der Waals surface area contributed by atoms with Gasteiger partial charge in [-0.05, 0) is 69.1 Å². The molecule has 1 aliphatic heterocycles. The number of rotatable bonds is 5. The van der Waals surface area contributed by atoms with Crippen molar-refractivity contribution < 1.29 is 33.4 Å². The minimum Gasteiger partial charge on any atom is -0.464 e. The quantitative estimate of drug-likeness (QED) is 0.256. The second kappa shape index (κ2) is 15.8. The number of amides is 2. The molecule has 0 saturated carbocycles. The Morgan fingerprint density at radius 2 is 1.82 bits per heavy atom. The molecular formula is C36H48N2O7. The lowest BCUT2D eigenvalue weighted by molar-refractivity contribution is -0.120. The maximum Gasteiger partial charge on any atom is 0.405 e. The Balaban J connectivity index is 2.16. The first-order valence-electron chi connectivity index (χ1n) is 15.8. The average Bonchev–Trinajstić information content (AvgIpc) is 3.51. The van der Waals surface area contributed by atoms with Gasteiger partial charge in [0.1, 0.15) is 17.6 Å². The van der Waals surface area contributed by atoms with Gasteiger partial charge >= 0.3 is 6.09 Å². The van der Waals surface area contributed by atoms with Gasteiger partial charge < -0.3 is 25.3 Å². The normalized spacial score (nSPS) is 30.7. The number of allylic oxidation sites excluding steroid dienone is 5. The Labute approximate surface area is 266 Å². The number of fused-ring (bicyclic) bond motifs is 2. The van der Waals surface area contributed by atoms with Crippen molar-refractivity contribution >= 4 is 29.1 Å². The average molecular weight is 621 g/mol. The van der Waals surface area contributed by atoms with Crippen LogP contribution < -0.4 is 11.1 Å². The molecule has 4 N–H and O–H groups in total. The van der Waals surface area contributed by atoms with E-state index in [1.807, 2.05) is 47.6 Å². The smallest absolute Gasteiger partial charge is 0.405 e. The number of nitrogens with two attached hydrogens (primary N) is 1. The van der Waals surface area contributed by atoms with Crippen molar-refractivity contribution in [1.82, 2.24) is 5.32 Å². The Morgan fingerprint density at radius 3 is 2.44 bits per heavy atom. The van der Waals surface area contributed by atoms with Gasteiger partial charge in [-0.25, -0.2) is 4.79 Å². The van der Waals surface area contributed by atoms with Gasteiger partial charge in [-0.15, -0.1) is 0 Å². The molecule has 1 aromatic heterocycles. The van der Waals surface area contributed by atoms with Crippen LogP contribution in [0.4, 0.5) is 4.79 Å². The molecule has 0 aromatic carbocycles. The lowest BCUT2D eigenvalue weighted by Crippen LogP contribution is -2.35. The van der Waals surface area contributed by atoms with Crippen LogP contribution in [-0.4, -0.2) is 40.9 Å². The molecule has 45 heavy (non-hydrogen) atoms. The first-order chi connectivity index (χ1) is 21.3. The Morgan fingerprint density at radius 1 is 1.11 bits per heavy atom. The van der Waals surface area contributed by atoms with Gasteiger partial charge in [0.25, 0.3) is 5.91 Å². The number of hydrogen-bond acceptors (Lipinski definition) is 7. The van der Waals surface area contributed by atoms with Crippen LogP contribution in [0.25, 0.3) is 5.57 Å². The van der Waals surface area contributed by atoms with Gasteiger partial charge in [0.15, 0.2) is 5.78 Å². The van der Waals surface area contributed by atoms with E-state index in [9.17, 15) is 24.3 Å². The number of nitrogens with one attached hydrogen (secondary N) is 1. The van der Waals surface area contributed by atoms with Crippen LogP contribution in [0.3, 0.4) is 0 Å². The van der Waals surface area contributed by atoms with Gasteiger partial charge in [0.2, 0.25) is 5.78 Å². The molecule has 244 valence electrons. The summed E-state index contributed by atoms with van der Waals surface area (Å²) in [4.78, 5) is 53.5. The number of primary amides is 1. The number of carbonyl (C=O) groups excluding carboxylic acids is 4. The van der Waals surface area contributed by atoms with Gasteiger partial charge in [-0.3, -0.25) is 14.4 Å². The number of ketones is 2. The highest BCUT2D eigenvalue weighted by Crippen LogP contribution is 2.37. The summed E-state index contributed by atoms with van der Waals surface area (Å²) in [5.74, 6) is -1.83. The molecule has 2 bridgehead atoms. The van der Waals surface area contributed by atoms with Gasteiger partial charge in [-0.1, -0.05) is 65.3 Å². The number of furan rings is 1. The van der Waals surface area contributed by atoms with E-state index < -0.39 is 30.0 Å². The SMILES string of the molecule is CCCCC1=C2C[C@@H](C)C[C@H](C)[C@H](O)[C@@H](C)/C=C(\C)[C@H](OC(N)=O)[C@@H](C)/C=C\C=C(/C)C(=O)NC(=C(c3ccco3)C1=O)C2=O. The molecule has 6 atom stereocenters. The molecule has 1 aromatic rings. The van der Waals surface area contributed by atoms with Crippen LogP contribution in [0, 0.1) is 23.7 Å². The van der Waals surface area contributed by atoms with Crippen molar-refractivity contribution in [3.63, 3.8) is 0 Å². The lowest BCUT2D eigenvalue weighted by Gasteiger charge is -2.29. The zero-order valence-electron chi connectivity index (χ0n) is 27.5. The maximum absolute atomic E-state index is 14.2. The van der Waals surface area contributed by atoms with Crippen molar-refractivity contribution in [2.75, 3.05) is 0 Å². The van der Waals surface area contributed by atoms with E-state index in [-0.39, 0.29) is 46.5 Å². The summed E-state index contributed by atoms with van der Waals surface area (Å²) < 4.78 is 11.0. The minimum absolute atomic E-state index is 0.0503. The van der Waals surface area contributed by atoms with E-state index in [1.165, 1.54) is 6.26 Å². The fourth-order valence-corrected chi connectivity index (χ4v) is 6.25. The number of carbonyl (C=O) groups is 4. The van der Waals surface area contributed by atoms with E-state index in [4.69, 9.17) is 14.9 Å². The molecule has 0 saturated heterocycles. The molecule has 0 fully saturated rings. The summed E-state index contributed by atoms with van der Waals surface area (Å²) >= 11 is 0. The topological polar surface area (TPSA) is 149 Å². The van der Waals surface area contributed by atoms with E-state index >= 15 is 0 Å². The number of aliphatic hydroxyl groups excluding tert-OH is 1. The number of hydrogen-bond donors (Lipinski definition) is 3. The first-order valence-corrected chi connectivity index (χ1v) is 15.8. The monoisotopic (exact) mass is 620 g/mol. The summed E-state index contributed by atoms with van der Waals surface area (Å²) in [6.45, 7) is 13.2. The molecule has 2 amide bonds. The molecule has 2 heterocycles. The third kappa shape index (κ3) is 8.81. The number of aliphatic hydroxyl groups is 1. The summed E-state index contributed by atoms with van der Waals surface area (Å²) in [6.07, 6.45) is 8.97. The third-order valence-electron chi connectivity index (χ3n) is 8.67. The Bertz CT molecular complexity index is 1430. The van der Waals surface area contributed by atoms with Crippen LogP contribution in [0.15, 0.2) is 75.1 Å². The van der Waals surface area contributed by atoms with E-state index in [0.717, 1.165) is 18.4 Å². The van der Waals surface area contributed by atoms with Crippen molar-refractivity contribution in [3.8, 4) is 0 Å². The number of Topliss-reactive ketones (excluding diaryl/α,β-unsaturated/α-hetero) is 2. The van der Waals surface area contributed by atoms with Gasteiger partial charge in [0.05, 0.1) is 17.9 Å². The summed E-state index contributed by atoms with van der Waals surface area (Å²) in [5, 5.41) is 14.0. The van der Waals surface area contributed by atoms with Crippen LogP contribution >= 0.6 is 0 Å². The summed E-state index contributed by atoms with van der Waals surface area (Å²) in [6, 6.07) is 3.24. The fourth-order valence-electron chi connectivity index (χ4n) is 6.25. The van der Waals surface area contributed by atoms with Crippen LogP contribution in [0.1, 0.15) is 86.3 Å². The van der Waals surface area contributed by atoms with Crippen molar-refractivity contribution in [1.29, 1.82) is 0 Å². The highest BCUT2D eigenvalue weighted by molar-refractivity contribution is 6.39. The van der Waals surface area contributed by atoms with Crippen LogP contribution in [-0.2, 0) is 19.1 Å². The molecule has 2 aliphatic rings. The predicted molar refractivity (Wildman–Crippen MR) is 173 cm³/mol. The number of ether oxygens (including phenoxy) is 1. The number of unbranched alkanes of at least 4 members (excludes halogenated alkanes) is 1. The van der Waals surface area contributed by atoms with Crippen molar-refractivity contribution in [2.45, 2.75) is 92.8 Å². The predicted octanol–water partition coefficient (Wildman–Crippen LogP) is 6.36. The van der Waals surface area contributed by atoms with Crippen molar-refractivity contribution in [3.05, 3.63) is 76.4 Å². The molecule has 0 spiro atoms. The lowest BCUT2D eigenvalue weighted by atomic mass is 9.78. The second-order valence-electron chi connectivity index (χ2n) is 12.6. The zero-order chi connectivity index (χ0) is 33.4. The van der Waals surface area contributed by atoms with E-state index in [0.29, 0.717) is 36.0 Å². The Hall–Kier alpha value is -3.98. The maximum atomic E-state index is 14.2.